The van der Waals surface area contributed by atoms with Crippen molar-refractivity contribution in [3.05, 3.63) is 29.8 Å². The third-order valence-corrected chi connectivity index (χ3v) is 2.48. The van der Waals surface area contributed by atoms with Crippen LogP contribution in [0.2, 0.25) is 0 Å². The number of nitrogens with one attached hydrogen (secondary N) is 2. The molecule has 1 aromatic rings. The van der Waals surface area contributed by atoms with Crippen molar-refractivity contribution >= 4 is 17.5 Å². The van der Waals surface area contributed by atoms with Crippen molar-refractivity contribution in [3.8, 4) is 0 Å². The molecule has 0 saturated carbocycles. The van der Waals surface area contributed by atoms with Gasteiger partial charge in [0, 0.05) is 24.7 Å². The first kappa shape index (κ1) is 15.2. The third-order valence-electron chi connectivity index (χ3n) is 2.48. The van der Waals surface area contributed by atoms with Crippen LogP contribution in [-0.4, -0.2) is 24.4 Å². The minimum absolute atomic E-state index is 0.00348. The molecule has 5 nitrogen and oxygen atoms in total. The van der Waals surface area contributed by atoms with Gasteiger partial charge in [-0.05, 0) is 31.5 Å². The van der Waals surface area contributed by atoms with E-state index in [2.05, 4.69) is 10.6 Å². The molecule has 0 fully saturated rings. The fourth-order valence-corrected chi connectivity index (χ4v) is 1.66. The molecule has 1 aromatic carbocycles. The monoisotopic (exact) mass is 263 g/mol. The minimum Gasteiger partial charge on any atom is -0.356 e. The number of carbonyl (C=O) groups excluding carboxylic acids is 2. The fourth-order valence-electron chi connectivity index (χ4n) is 1.66. The van der Waals surface area contributed by atoms with Crippen molar-refractivity contribution < 1.29 is 9.59 Å². The van der Waals surface area contributed by atoms with Gasteiger partial charge in [-0.25, -0.2) is 0 Å². The summed E-state index contributed by atoms with van der Waals surface area (Å²) in [5, 5.41) is 5.50. The molecule has 0 saturated heterocycles. The van der Waals surface area contributed by atoms with E-state index in [0.29, 0.717) is 25.1 Å². The van der Waals surface area contributed by atoms with Crippen molar-refractivity contribution in [1.82, 2.24) is 5.32 Å². The van der Waals surface area contributed by atoms with Gasteiger partial charge >= 0.3 is 0 Å². The number of anilines is 1. The van der Waals surface area contributed by atoms with E-state index < -0.39 is 0 Å². The van der Waals surface area contributed by atoms with Gasteiger partial charge in [0.1, 0.15) is 0 Å². The van der Waals surface area contributed by atoms with Crippen LogP contribution in [0.4, 0.5) is 5.69 Å². The normalized spacial score (nSPS) is 11.7. The van der Waals surface area contributed by atoms with E-state index in [4.69, 9.17) is 5.73 Å². The Hall–Kier alpha value is -1.88. The second-order valence-corrected chi connectivity index (χ2v) is 4.56. The molecule has 0 radical (unpaired) electrons. The molecule has 0 aliphatic carbocycles. The van der Waals surface area contributed by atoms with Crippen LogP contribution < -0.4 is 16.4 Å². The number of rotatable bonds is 6. The molecule has 5 heteroatoms. The molecule has 1 rings (SSSR count). The summed E-state index contributed by atoms with van der Waals surface area (Å²) in [4.78, 5) is 22.9. The van der Waals surface area contributed by atoms with Crippen LogP contribution in [0.25, 0.3) is 0 Å². The predicted molar refractivity (Wildman–Crippen MR) is 75.7 cm³/mol. The SMILES string of the molecule is CCNC(=O)Cc1ccc(NC(=O)CC(C)N)cc1. The Morgan fingerprint density at radius 2 is 1.84 bits per heavy atom. The molecular weight excluding hydrogens is 242 g/mol. The van der Waals surface area contributed by atoms with Gasteiger partial charge in [0.2, 0.25) is 11.8 Å². The lowest BCUT2D eigenvalue weighted by Crippen LogP contribution is -2.24. The number of hydrogen-bond acceptors (Lipinski definition) is 3. The number of carbonyl (C=O) groups is 2. The number of hydrogen-bond donors (Lipinski definition) is 3. The summed E-state index contributed by atoms with van der Waals surface area (Å²) in [6, 6.07) is 7.08. The Morgan fingerprint density at radius 3 is 2.37 bits per heavy atom. The maximum absolute atomic E-state index is 11.5. The number of nitrogens with two attached hydrogens (primary N) is 1. The van der Waals surface area contributed by atoms with E-state index in [9.17, 15) is 9.59 Å². The highest BCUT2D eigenvalue weighted by molar-refractivity contribution is 5.91. The highest BCUT2D eigenvalue weighted by Gasteiger charge is 2.06. The lowest BCUT2D eigenvalue weighted by molar-refractivity contribution is -0.120. The lowest BCUT2D eigenvalue weighted by atomic mass is 10.1. The van der Waals surface area contributed by atoms with E-state index in [1.165, 1.54) is 0 Å². The third kappa shape index (κ3) is 6.01. The molecule has 0 aliphatic heterocycles. The summed E-state index contributed by atoms with van der Waals surface area (Å²) in [6.45, 7) is 4.30. The Labute approximate surface area is 113 Å². The van der Waals surface area contributed by atoms with Crippen molar-refractivity contribution in [2.24, 2.45) is 5.73 Å². The van der Waals surface area contributed by atoms with Crippen LogP contribution >= 0.6 is 0 Å². The Balaban J connectivity index is 2.52. The maximum atomic E-state index is 11.5. The molecule has 0 spiro atoms. The van der Waals surface area contributed by atoms with Gasteiger partial charge in [-0.1, -0.05) is 12.1 Å². The minimum atomic E-state index is -0.156. The molecule has 0 aromatic heterocycles. The van der Waals surface area contributed by atoms with Crippen LogP contribution in [-0.2, 0) is 16.0 Å². The average molecular weight is 263 g/mol. The molecular formula is C14H21N3O2. The second-order valence-electron chi connectivity index (χ2n) is 4.56. The van der Waals surface area contributed by atoms with Gasteiger partial charge in [-0.15, -0.1) is 0 Å². The summed E-state index contributed by atoms with van der Waals surface area (Å²) < 4.78 is 0. The van der Waals surface area contributed by atoms with Crippen LogP contribution in [0.15, 0.2) is 24.3 Å². The van der Waals surface area contributed by atoms with E-state index >= 15 is 0 Å². The van der Waals surface area contributed by atoms with E-state index in [-0.39, 0.29) is 17.9 Å². The Kier molecular flexibility index (Phi) is 6.02. The zero-order chi connectivity index (χ0) is 14.3. The van der Waals surface area contributed by atoms with Gasteiger partial charge in [0.25, 0.3) is 0 Å². The van der Waals surface area contributed by atoms with Gasteiger partial charge in [0.15, 0.2) is 0 Å². The predicted octanol–water partition coefficient (Wildman–Crippen LogP) is 1.04. The van der Waals surface area contributed by atoms with Gasteiger partial charge < -0.3 is 16.4 Å². The summed E-state index contributed by atoms with van der Waals surface area (Å²) in [7, 11) is 0. The van der Waals surface area contributed by atoms with Gasteiger partial charge in [0.05, 0.1) is 6.42 Å². The van der Waals surface area contributed by atoms with E-state index in [1.54, 1.807) is 19.1 Å². The van der Waals surface area contributed by atoms with Crippen molar-refractivity contribution in [3.63, 3.8) is 0 Å². The summed E-state index contributed by atoms with van der Waals surface area (Å²) in [5.41, 5.74) is 7.18. The molecule has 1 atom stereocenters. The lowest BCUT2D eigenvalue weighted by Gasteiger charge is -2.08. The highest BCUT2D eigenvalue weighted by Crippen LogP contribution is 2.10. The number of benzene rings is 1. The second kappa shape index (κ2) is 7.53. The van der Waals surface area contributed by atoms with Crippen molar-refractivity contribution in [1.29, 1.82) is 0 Å². The van der Waals surface area contributed by atoms with Crippen molar-refractivity contribution in [2.45, 2.75) is 32.7 Å². The van der Waals surface area contributed by atoms with Gasteiger partial charge in [-0.2, -0.15) is 0 Å². The Bertz CT molecular complexity index is 427. The molecule has 1 unspecified atom stereocenters. The topological polar surface area (TPSA) is 84.2 Å². The van der Waals surface area contributed by atoms with E-state index in [1.807, 2.05) is 19.1 Å². The first-order chi connectivity index (χ1) is 9.01. The molecule has 104 valence electrons. The van der Waals surface area contributed by atoms with Crippen LogP contribution in [0.1, 0.15) is 25.8 Å². The fraction of sp³-hybridized carbons (Fsp3) is 0.429. The largest absolute Gasteiger partial charge is 0.356 e. The van der Waals surface area contributed by atoms with Crippen LogP contribution in [0.3, 0.4) is 0 Å². The smallest absolute Gasteiger partial charge is 0.225 e. The quantitative estimate of drug-likeness (QED) is 0.717. The zero-order valence-electron chi connectivity index (χ0n) is 11.4. The van der Waals surface area contributed by atoms with Crippen LogP contribution in [0.5, 0.6) is 0 Å². The zero-order valence-corrected chi connectivity index (χ0v) is 11.4. The van der Waals surface area contributed by atoms with E-state index in [0.717, 1.165) is 5.56 Å². The molecule has 0 aliphatic rings. The molecule has 19 heavy (non-hydrogen) atoms. The molecule has 4 N–H and O–H groups in total. The maximum Gasteiger partial charge on any atom is 0.225 e. The Morgan fingerprint density at radius 1 is 1.21 bits per heavy atom. The number of amides is 2. The number of likely N-dealkylation sites (N-methyl/N-ethyl adjacent to an activating group) is 1. The first-order valence-electron chi connectivity index (χ1n) is 6.42. The molecule has 2 amide bonds. The molecule has 0 heterocycles. The summed E-state index contributed by atoms with van der Waals surface area (Å²) in [6.07, 6.45) is 0.641. The molecule has 0 bridgehead atoms. The van der Waals surface area contributed by atoms with Crippen LogP contribution in [0, 0.1) is 0 Å². The standard InChI is InChI=1S/C14H21N3O2/c1-3-16-13(18)9-11-4-6-12(7-5-11)17-14(19)8-10(2)15/h4-7,10H,3,8-9,15H2,1-2H3,(H,16,18)(H,17,19). The average Bonchev–Trinajstić information content (AvgIpc) is 2.31. The summed E-state index contributed by atoms with van der Waals surface area (Å²) in [5.74, 6) is -0.109. The summed E-state index contributed by atoms with van der Waals surface area (Å²) >= 11 is 0. The van der Waals surface area contributed by atoms with Gasteiger partial charge in [-0.3, -0.25) is 9.59 Å². The van der Waals surface area contributed by atoms with Crippen molar-refractivity contribution in [2.75, 3.05) is 11.9 Å². The first-order valence-corrected chi connectivity index (χ1v) is 6.42. The highest BCUT2D eigenvalue weighted by atomic mass is 16.2.